The molecule has 7 heteroatoms. The Hall–Kier alpha value is -1.86. The highest BCUT2D eigenvalue weighted by atomic mass is 32.1. The Balaban J connectivity index is 1.98. The fourth-order valence-corrected chi connectivity index (χ4v) is 2.51. The van der Waals surface area contributed by atoms with Crippen LogP contribution in [0.2, 0.25) is 0 Å². The van der Waals surface area contributed by atoms with Crippen molar-refractivity contribution in [2.75, 3.05) is 12.4 Å². The number of hydrogen-bond donors (Lipinski definition) is 1. The second-order valence-electron chi connectivity index (χ2n) is 5.06. The van der Waals surface area contributed by atoms with Crippen LogP contribution in [0.25, 0.3) is 0 Å². The van der Waals surface area contributed by atoms with E-state index in [4.69, 9.17) is 0 Å². The van der Waals surface area contributed by atoms with Crippen LogP contribution in [0.5, 0.6) is 0 Å². The van der Waals surface area contributed by atoms with Crippen LogP contribution in [-0.4, -0.2) is 28.9 Å². The number of hydrogen-bond acceptors (Lipinski definition) is 4. The number of carbonyl (C=O) groups is 1. The topological polar surface area (TPSA) is 45.2 Å². The van der Waals surface area contributed by atoms with E-state index in [0.717, 1.165) is 22.8 Å². The molecule has 0 radical (unpaired) electrons. The number of rotatable bonds is 5. The van der Waals surface area contributed by atoms with E-state index in [0.29, 0.717) is 6.54 Å². The lowest BCUT2D eigenvalue weighted by atomic mass is 10.2. The molecule has 1 atom stereocenters. The third-order valence-electron chi connectivity index (χ3n) is 3.31. The Morgan fingerprint density at radius 3 is 2.77 bits per heavy atom. The van der Waals surface area contributed by atoms with Gasteiger partial charge in [-0.3, -0.25) is 9.69 Å². The highest BCUT2D eigenvalue weighted by Crippen LogP contribution is 2.16. The van der Waals surface area contributed by atoms with Gasteiger partial charge in [0.15, 0.2) is 0 Å². The molecule has 2 rings (SSSR count). The Morgan fingerprint density at radius 2 is 2.18 bits per heavy atom. The molecule has 0 saturated heterocycles. The molecule has 1 aromatic heterocycles. The van der Waals surface area contributed by atoms with Crippen molar-refractivity contribution in [1.29, 1.82) is 0 Å². The zero-order chi connectivity index (χ0) is 16.3. The van der Waals surface area contributed by atoms with Crippen LogP contribution in [0.4, 0.5) is 14.5 Å². The minimum absolute atomic E-state index is 0.0313. The predicted molar refractivity (Wildman–Crippen MR) is 82.8 cm³/mol. The van der Waals surface area contributed by atoms with Crippen molar-refractivity contribution in [2.24, 2.45) is 0 Å². The number of benzene rings is 1. The van der Waals surface area contributed by atoms with Gasteiger partial charge in [0, 0.05) is 18.0 Å². The molecule has 1 aromatic carbocycles. The van der Waals surface area contributed by atoms with Crippen LogP contribution in [0, 0.1) is 18.6 Å². The van der Waals surface area contributed by atoms with E-state index in [1.807, 2.05) is 17.2 Å². The first kappa shape index (κ1) is 16.5. The molecule has 0 aliphatic carbocycles. The molecule has 1 N–H and O–H groups in total. The normalized spacial score (nSPS) is 12.5. The maximum atomic E-state index is 13.5. The van der Waals surface area contributed by atoms with Gasteiger partial charge in [-0.15, -0.1) is 11.3 Å². The first-order valence-electron chi connectivity index (χ1n) is 6.74. The zero-order valence-electron chi connectivity index (χ0n) is 12.6. The second kappa shape index (κ2) is 6.93. The van der Waals surface area contributed by atoms with E-state index in [9.17, 15) is 13.6 Å². The molecule has 0 bridgehead atoms. The lowest BCUT2D eigenvalue weighted by molar-refractivity contribution is -0.120. The van der Waals surface area contributed by atoms with Crippen molar-refractivity contribution in [3.05, 3.63) is 45.9 Å². The first-order valence-corrected chi connectivity index (χ1v) is 7.62. The van der Waals surface area contributed by atoms with Crippen molar-refractivity contribution in [1.82, 2.24) is 9.88 Å². The number of nitrogens with one attached hydrogen (secondary N) is 1. The average Bonchev–Trinajstić information content (AvgIpc) is 2.86. The van der Waals surface area contributed by atoms with E-state index >= 15 is 0 Å². The molecule has 4 nitrogen and oxygen atoms in total. The van der Waals surface area contributed by atoms with Crippen molar-refractivity contribution >= 4 is 22.9 Å². The molecule has 0 fully saturated rings. The molecule has 0 aliphatic rings. The van der Waals surface area contributed by atoms with Crippen molar-refractivity contribution in [2.45, 2.75) is 26.4 Å². The third-order valence-corrected chi connectivity index (χ3v) is 4.13. The summed E-state index contributed by atoms with van der Waals surface area (Å²) >= 11 is 1.55. The fourth-order valence-electron chi connectivity index (χ4n) is 1.90. The van der Waals surface area contributed by atoms with Gasteiger partial charge in [-0.25, -0.2) is 13.8 Å². The van der Waals surface area contributed by atoms with E-state index in [2.05, 4.69) is 10.3 Å². The maximum Gasteiger partial charge on any atom is 0.241 e. The molecule has 1 unspecified atom stereocenters. The summed E-state index contributed by atoms with van der Waals surface area (Å²) in [6.07, 6.45) is 0. The number of aromatic nitrogens is 1. The summed E-state index contributed by atoms with van der Waals surface area (Å²) in [6.45, 7) is 4.16. The quantitative estimate of drug-likeness (QED) is 0.918. The minimum atomic E-state index is -0.793. The van der Waals surface area contributed by atoms with Gasteiger partial charge < -0.3 is 5.32 Å². The number of halogens is 2. The SMILES string of the molecule is Cc1nc(CN(C)C(C)C(=O)Nc2ccc(F)cc2F)cs1. The average molecular weight is 325 g/mol. The van der Waals surface area contributed by atoms with Crippen LogP contribution in [0.1, 0.15) is 17.6 Å². The molecular formula is C15H17F2N3OS. The van der Waals surface area contributed by atoms with Gasteiger partial charge in [-0.1, -0.05) is 0 Å². The lowest BCUT2D eigenvalue weighted by Gasteiger charge is -2.23. The third kappa shape index (κ3) is 4.08. The number of nitrogens with zero attached hydrogens (tertiary/aromatic N) is 2. The van der Waals surface area contributed by atoms with Gasteiger partial charge in [0.05, 0.1) is 22.4 Å². The van der Waals surface area contributed by atoms with Gasteiger partial charge in [-0.05, 0) is 33.0 Å². The minimum Gasteiger partial charge on any atom is -0.322 e. The Morgan fingerprint density at radius 1 is 1.45 bits per heavy atom. The molecule has 22 heavy (non-hydrogen) atoms. The molecule has 1 amide bonds. The summed E-state index contributed by atoms with van der Waals surface area (Å²) < 4.78 is 26.4. The number of likely N-dealkylation sites (N-methyl/N-ethyl adjacent to an activating group) is 1. The Labute approximate surface area is 131 Å². The van der Waals surface area contributed by atoms with E-state index in [1.54, 1.807) is 25.3 Å². The monoisotopic (exact) mass is 325 g/mol. The van der Waals surface area contributed by atoms with E-state index < -0.39 is 17.7 Å². The summed E-state index contributed by atoms with van der Waals surface area (Å²) in [6, 6.07) is 2.57. The number of amides is 1. The van der Waals surface area contributed by atoms with Crippen molar-refractivity contribution < 1.29 is 13.6 Å². The van der Waals surface area contributed by atoms with Crippen LogP contribution < -0.4 is 5.32 Å². The second-order valence-corrected chi connectivity index (χ2v) is 6.12. The number of aryl methyl sites for hydroxylation is 1. The summed E-state index contributed by atoms with van der Waals surface area (Å²) in [5.41, 5.74) is 0.855. The maximum absolute atomic E-state index is 13.5. The van der Waals surface area contributed by atoms with Crippen LogP contribution >= 0.6 is 11.3 Å². The molecule has 0 aliphatic heterocycles. The van der Waals surface area contributed by atoms with Gasteiger partial charge in [0.25, 0.3) is 0 Å². The lowest BCUT2D eigenvalue weighted by Crippen LogP contribution is -2.39. The number of anilines is 1. The number of thiazole rings is 1. The summed E-state index contributed by atoms with van der Waals surface area (Å²) in [7, 11) is 1.79. The molecule has 0 spiro atoms. The molecular weight excluding hydrogens is 308 g/mol. The first-order chi connectivity index (χ1) is 10.4. The van der Waals surface area contributed by atoms with Gasteiger partial charge in [0.2, 0.25) is 5.91 Å². The zero-order valence-corrected chi connectivity index (χ0v) is 13.4. The summed E-state index contributed by atoms with van der Waals surface area (Å²) in [5, 5.41) is 5.38. The fraction of sp³-hybridized carbons (Fsp3) is 0.333. The van der Waals surface area contributed by atoms with Crippen LogP contribution in [0.15, 0.2) is 23.6 Å². The molecule has 1 heterocycles. The van der Waals surface area contributed by atoms with Crippen LogP contribution in [-0.2, 0) is 11.3 Å². The Bertz CT molecular complexity index is 675. The summed E-state index contributed by atoms with van der Waals surface area (Å²) in [5.74, 6) is -1.84. The van der Waals surface area contributed by atoms with E-state index in [1.165, 1.54) is 6.07 Å². The standard InChI is InChI=1S/C15H17F2N3OS/c1-9(20(3)7-12-8-22-10(2)18-12)15(21)19-14-5-4-11(16)6-13(14)17/h4-6,8-9H,7H2,1-3H3,(H,19,21). The van der Waals surface area contributed by atoms with Crippen LogP contribution in [0.3, 0.4) is 0 Å². The highest BCUT2D eigenvalue weighted by Gasteiger charge is 2.20. The number of carbonyl (C=O) groups excluding carboxylic acids is 1. The smallest absolute Gasteiger partial charge is 0.241 e. The van der Waals surface area contributed by atoms with Gasteiger partial charge in [-0.2, -0.15) is 0 Å². The van der Waals surface area contributed by atoms with E-state index in [-0.39, 0.29) is 11.6 Å². The molecule has 118 valence electrons. The van der Waals surface area contributed by atoms with Crippen molar-refractivity contribution in [3.8, 4) is 0 Å². The molecule has 0 saturated carbocycles. The Kier molecular flexibility index (Phi) is 5.20. The van der Waals surface area contributed by atoms with Gasteiger partial charge in [0.1, 0.15) is 11.6 Å². The van der Waals surface area contributed by atoms with Gasteiger partial charge >= 0.3 is 0 Å². The molecule has 2 aromatic rings. The van der Waals surface area contributed by atoms with Crippen molar-refractivity contribution in [3.63, 3.8) is 0 Å². The largest absolute Gasteiger partial charge is 0.322 e. The highest BCUT2D eigenvalue weighted by molar-refractivity contribution is 7.09. The predicted octanol–water partition coefficient (Wildman–Crippen LogP) is 3.19. The summed E-state index contributed by atoms with van der Waals surface area (Å²) in [4.78, 5) is 18.3.